The quantitative estimate of drug-likeness (QED) is 0.816. The number of rotatable bonds is 3. The normalized spacial score (nSPS) is 9.88. The molecule has 4 heteroatoms. The maximum Gasteiger partial charge on any atom is 0.354 e. The van der Waals surface area contributed by atoms with E-state index in [0.717, 1.165) is 11.8 Å². The number of carboxylic acid groups (broad SMARTS) is 1. The molecule has 0 fully saturated rings. The van der Waals surface area contributed by atoms with Gasteiger partial charge in [0.15, 0.2) is 0 Å². The third kappa shape index (κ3) is 2.36. The molecule has 0 radical (unpaired) electrons. The van der Waals surface area contributed by atoms with Gasteiger partial charge in [-0.25, -0.2) is 9.78 Å². The van der Waals surface area contributed by atoms with Crippen molar-refractivity contribution in [3.05, 3.63) is 53.7 Å². The van der Waals surface area contributed by atoms with Crippen LogP contribution in [0.25, 0.3) is 11.3 Å². The van der Waals surface area contributed by atoms with Crippen LogP contribution in [0.5, 0.6) is 0 Å². The fraction of sp³-hybridized carbons (Fsp3) is 0. The summed E-state index contributed by atoms with van der Waals surface area (Å²) < 4.78 is 0. The second kappa shape index (κ2) is 4.57. The molecule has 0 aliphatic heterocycles. The van der Waals surface area contributed by atoms with Crippen molar-refractivity contribution in [2.45, 2.75) is 0 Å². The summed E-state index contributed by atoms with van der Waals surface area (Å²) in [6.45, 7) is 0. The first kappa shape index (κ1) is 11.0. The Morgan fingerprint density at radius 3 is 2.41 bits per heavy atom. The number of aromatic nitrogens is 1. The molecule has 0 aliphatic carbocycles. The lowest BCUT2D eigenvalue weighted by Crippen LogP contribution is -2.00. The Bertz CT molecular complexity index is 561. The first-order valence-corrected chi connectivity index (χ1v) is 4.96. The molecule has 1 aromatic heterocycles. The summed E-state index contributed by atoms with van der Waals surface area (Å²) in [5, 5.41) is 8.83. The predicted molar refractivity (Wildman–Crippen MR) is 62.0 cm³/mol. The van der Waals surface area contributed by atoms with Gasteiger partial charge in [0.25, 0.3) is 0 Å². The maximum atomic E-state index is 10.8. The maximum absolute atomic E-state index is 10.8. The number of carboxylic acids is 1. The molecule has 2 rings (SSSR count). The van der Waals surface area contributed by atoms with Gasteiger partial charge in [0, 0.05) is 11.1 Å². The third-order valence-electron chi connectivity index (χ3n) is 2.31. The van der Waals surface area contributed by atoms with E-state index >= 15 is 0 Å². The summed E-state index contributed by atoms with van der Waals surface area (Å²) in [6, 6.07) is 11.6. The number of nitrogens with zero attached hydrogens (tertiary/aromatic N) is 1. The molecule has 0 atom stereocenters. The number of carbonyl (C=O) groups excluding carboxylic acids is 1. The standard InChI is InChI=1S/C13H9NO3/c15-8-9-4-6-10(7-5-9)11-2-1-3-12(14-11)13(16)17/h1-8H,(H,16,17). The summed E-state index contributed by atoms with van der Waals surface area (Å²) >= 11 is 0. The van der Waals surface area contributed by atoms with E-state index in [0.29, 0.717) is 11.3 Å². The molecule has 0 bridgehead atoms. The molecule has 4 nitrogen and oxygen atoms in total. The van der Waals surface area contributed by atoms with Crippen LogP contribution in [0.1, 0.15) is 20.8 Å². The van der Waals surface area contributed by atoms with Gasteiger partial charge in [-0.3, -0.25) is 4.79 Å². The average Bonchev–Trinajstić information content (AvgIpc) is 2.39. The SMILES string of the molecule is O=Cc1ccc(-c2cccc(C(=O)O)n2)cc1. The van der Waals surface area contributed by atoms with Crippen LogP contribution in [0.2, 0.25) is 0 Å². The highest BCUT2D eigenvalue weighted by molar-refractivity contribution is 5.86. The molecule has 0 saturated carbocycles. The highest BCUT2D eigenvalue weighted by atomic mass is 16.4. The van der Waals surface area contributed by atoms with Gasteiger partial charge < -0.3 is 5.11 Å². The van der Waals surface area contributed by atoms with Crippen molar-refractivity contribution in [1.29, 1.82) is 0 Å². The van der Waals surface area contributed by atoms with Crippen molar-refractivity contribution < 1.29 is 14.7 Å². The molecular weight excluding hydrogens is 218 g/mol. The molecule has 0 spiro atoms. The molecular formula is C13H9NO3. The van der Waals surface area contributed by atoms with Crippen molar-refractivity contribution in [3.8, 4) is 11.3 Å². The zero-order chi connectivity index (χ0) is 12.3. The van der Waals surface area contributed by atoms with Crippen LogP contribution in [-0.2, 0) is 0 Å². The van der Waals surface area contributed by atoms with Crippen LogP contribution in [0.15, 0.2) is 42.5 Å². The van der Waals surface area contributed by atoms with Crippen LogP contribution in [0.4, 0.5) is 0 Å². The number of pyridine rings is 1. The van der Waals surface area contributed by atoms with Crippen molar-refractivity contribution in [2.75, 3.05) is 0 Å². The predicted octanol–water partition coefficient (Wildman–Crippen LogP) is 2.26. The summed E-state index contributed by atoms with van der Waals surface area (Å²) in [6.07, 6.45) is 0.755. The molecule has 2 aromatic rings. The molecule has 84 valence electrons. The van der Waals surface area contributed by atoms with Crippen LogP contribution in [0, 0.1) is 0 Å². The van der Waals surface area contributed by atoms with Gasteiger partial charge in [-0.05, 0) is 12.1 Å². The highest BCUT2D eigenvalue weighted by Gasteiger charge is 2.06. The summed E-state index contributed by atoms with van der Waals surface area (Å²) in [5.41, 5.74) is 1.92. The van der Waals surface area contributed by atoms with Crippen LogP contribution < -0.4 is 0 Å². The van der Waals surface area contributed by atoms with Crippen LogP contribution >= 0.6 is 0 Å². The lowest BCUT2D eigenvalue weighted by molar-refractivity contribution is 0.0690. The number of aldehydes is 1. The molecule has 0 aliphatic rings. The first-order chi connectivity index (χ1) is 8.20. The summed E-state index contributed by atoms with van der Waals surface area (Å²) in [7, 11) is 0. The minimum atomic E-state index is -1.06. The largest absolute Gasteiger partial charge is 0.477 e. The Morgan fingerprint density at radius 1 is 1.12 bits per heavy atom. The van der Waals surface area contributed by atoms with Crippen molar-refractivity contribution in [3.63, 3.8) is 0 Å². The Morgan fingerprint density at radius 2 is 1.82 bits per heavy atom. The highest BCUT2D eigenvalue weighted by Crippen LogP contribution is 2.17. The van der Waals surface area contributed by atoms with E-state index in [4.69, 9.17) is 5.11 Å². The molecule has 0 saturated heterocycles. The fourth-order valence-electron chi connectivity index (χ4n) is 1.45. The number of aromatic carboxylic acids is 1. The van der Waals surface area contributed by atoms with Crippen LogP contribution in [-0.4, -0.2) is 22.3 Å². The van der Waals surface area contributed by atoms with Gasteiger partial charge >= 0.3 is 5.97 Å². The zero-order valence-electron chi connectivity index (χ0n) is 8.83. The smallest absolute Gasteiger partial charge is 0.354 e. The van der Waals surface area contributed by atoms with E-state index in [1.165, 1.54) is 6.07 Å². The van der Waals surface area contributed by atoms with E-state index in [-0.39, 0.29) is 5.69 Å². The average molecular weight is 227 g/mol. The van der Waals surface area contributed by atoms with E-state index in [1.54, 1.807) is 36.4 Å². The lowest BCUT2D eigenvalue weighted by atomic mass is 10.1. The number of hydrogen-bond donors (Lipinski definition) is 1. The lowest BCUT2D eigenvalue weighted by Gasteiger charge is -2.02. The van der Waals surface area contributed by atoms with Gasteiger partial charge in [0.05, 0.1) is 5.69 Å². The van der Waals surface area contributed by atoms with E-state index in [1.807, 2.05) is 0 Å². The fourth-order valence-corrected chi connectivity index (χ4v) is 1.45. The Labute approximate surface area is 97.6 Å². The van der Waals surface area contributed by atoms with Crippen LogP contribution in [0.3, 0.4) is 0 Å². The Hall–Kier alpha value is -2.49. The molecule has 1 aromatic carbocycles. The molecule has 0 amide bonds. The number of hydrogen-bond acceptors (Lipinski definition) is 3. The molecule has 17 heavy (non-hydrogen) atoms. The Balaban J connectivity index is 2.41. The molecule has 1 N–H and O–H groups in total. The third-order valence-corrected chi connectivity index (χ3v) is 2.31. The van der Waals surface area contributed by atoms with Gasteiger partial charge in [-0.15, -0.1) is 0 Å². The van der Waals surface area contributed by atoms with E-state index in [9.17, 15) is 9.59 Å². The number of benzene rings is 1. The molecule has 0 unspecified atom stereocenters. The number of carbonyl (C=O) groups is 2. The van der Waals surface area contributed by atoms with Crippen molar-refractivity contribution in [1.82, 2.24) is 4.98 Å². The first-order valence-electron chi connectivity index (χ1n) is 4.96. The monoisotopic (exact) mass is 227 g/mol. The second-order valence-corrected chi connectivity index (χ2v) is 3.45. The topological polar surface area (TPSA) is 67.3 Å². The summed E-state index contributed by atoms with van der Waals surface area (Å²) in [5.74, 6) is -1.06. The second-order valence-electron chi connectivity index (χ2n) is 3.45. The van der Waals surface area contributed by atoms with Gasteiger partial charge in [0.1, 0.15) is 12.0 Å². The molecule has 1 heterocycles. The van der Waals surface area contributed by atoms with Crippen molar-refractivity contribution in [2.24, 2.45) is 0 Å². The van der Waals surface area contributed by atoms with Gasteiger partial charge in [-0.2, -0.15) is 0 Å². The minimum Gasteiger partial charge on any atom is -0.477 e. The zero-order valence-corrected chi connectivity index (χ0v) is 8.83. The van der Waals surface area contributed by atoms with Gasteiger partial charge in [-0.1, -0.05) is 30.3 Å². The van der Waals surface area contributed by atoms with E-state index < -0.39 is 5.97 Å². The van der Waals surface area contributed by atoms with E-state index in [2.05, 4.69) is 4.98 Å². The Kier molecular flexibility index (Phi) is 2.96. The van der Waals surface area contributed by atoms with Gasteiger partial charge in [0.2, 0.25) is 0 Å². The van der Waals surface area contributed by atoms with Crippen molar-refractivity contribution >= 4 is 12.3 Å². The summed E-state index contributed by atoms with van der Waals surface area (Å²) in [4.78, 5) is 25.3. The minimum absolute atomic E-state index is 0.00182.